The highest BCUT2D eigenvalue weighted by molar-refractivity contribution is 7.80. The van der Waals surface area contributed by atoms with Gasteiger partial charge in [0.1, 0.15) is 0 Å². The molecule has 0 saturated heterocycles. The van der Waals surface area contributed by atoms with Gasteiger partial charge in [0.2, 0.25) is 0 Å². The van der Waals surface area contributed by atoms with E-state index in [9.17, 15) is 9.59 Å². The molecule has 0 atom stereocenters. The van der Waals surface area contributed by atoms with Gasteiger partial charge in [-0.05, 0) is 24.7 Å². The number of carbonyl (C=O) groups is 1. The van der Waals surface area contributed by atoms with Crippen LogP contribution in [0.1, 0.15) is 23.8 Å². The molecule has 1 amide bonds. The van der Waals surface area contributed by atoms with Crippen molar-refractivity contribution in [3.63, 3.8) is 0 Å². The highest BCUT2D eigenvalue weighted by Gasteiger charge is 2.08. The molecule has 0 bridgehead atoms. The van der Waals surface area contributed by atoms with Gasteiger partial charge in [0.15, 0.2) is 10.8 Å². The van der Waals surface area contributed by atoms with Gasteiger partial charge in [0, 0.05) is 19.7 Å². The van der Waals surface area contributed by atoms with Crippen molar-refractivity contribution in [1.29, 1.82) is 0 Å². The Morgan fingerprint density at radius 1 is 1.44 bits per heavy atom. The van der Waals surface area contributed by atoms with Crippen LogP contribution in [0.25, 0.3) is 0 Å². The van der Waals surface area contributed by atoms with E-state index < -0.39 is 5.91 Å². The van der Waals surface area contributed by atoms with E-state index in [2.05, 4.69) is 21.3 Å². The van der Waals surface area contributed by atoms with Crippen LogP contribution in [0.4, 0.5) is 0 Å². The van der Waals surface area contributed by atoms with Crippen molar-refractivity contribution in [2.24, 2.45) is 7.05 Å². The molecule has 0 aromatic carbocycles. The normalized spacial score (nSPS) is 9.67. The van der Waals surface area contributed by atoms with Crippen LogP contribution in [0.15, 0.2) is 16.9 Å². The lowest BCUT2D eigenvalue weighted by Gasteiger charge is -2.10. The number of aromatic nitrogens is 2. The number of nitrogens with zero attached hydrogens (tertiary/aromatic N) is 2. The summed E-state index contributed by atoms with van der Waals surface area (Å²) in [6.45, 7) is 2.72. The van der Waals surface area contributed by atoms with Crippen LogP contribution in [0.3, 0.4) is 0 Å². The number of rotatable bonds is 3. The minimum atomic E-state index is -0.466. The first-order valence-electron chi connectivity index (χ1n) is 5.43. The van der Waals surface area contributed by atoms with Gasteiger partial charge in [-0.25, -0.2) is 4.68 Å². The molecule has 1 rings (SSSR count). The van der Waals surface area contributed by atoms with Crippen LogP contribution in [0, 0.1) is 0 Å². The molecule has 0 aliphatic carbocycles. The first-order chi connectivity index (χ1) is 8.54. The molecule has 3 N–H and O–H groups in total. The smallest absolute Gasteiger partial charge is 0.290 e. The fourth-order valence-electron chi connectivity index (χ4n) is 1.08. The molecule has 0 saturated carbocycles. The number of carbonyl (C=O) groups excluding carboxylic acids is 1. The van der Waals surface area contributed by atoms with E-state index in [0.717, 1.165) is 17.6 Å². The van der Waals surface area contributed by atoms with Gasteiger partial charge >= 0.3 is 0 Å². The van der Waals surface area contributed by atoms with Crippen molar-refractivity contribution in [3.05, 3.63) is 28.2 Å². The highest BCUT2D eigenvalue weighted by atomic mass is 32.1. The third-order valence-corrected chi connectivity index (χ3v) is 2.26. The van der Waals surface area contributed by atoms with Gasteiger partial charge in [-0.1, -0.05) is 6.92 Å². The molecule has 1 aromatic heterocycles. The third kappa shape index (κ3) is 4.13. The maximum Gasteiger partial charge on any atom is 0.290 e. The van der Waals surface area contributed by atoms with Crippen molar-refractivity contribution in [1.82, 2.24) is 25.9 Å². The van der Waals surface area contributed by atoms with Gasteiger partial charge in [0.25, 0.3) is 11.5 Å². The molecular weight excluding hydrogens is 254 g/mol. The predicted molar refractivity (Wildman–Crippen MR) is 71.0 cm³/mol. The first kappa shape index (κ1) is 14.1. The Balaban J connectivity index is 2.52. The molecule has 18 heavy (non-hydrogen) atoms. The highest BCUT2D eigenvalue weighted by Crippen LogP contribution is 1.88. The SMILES string of the molecule is CCCNC(=S)NNC(=O)c1ccc(=O)n(C)n1. The molecule has 8 heteroatoms. The van der Waals surface area contributed by atoms with Gasteiger partial charge in [-0.2, -0.15) is 5.10 Å². The van der Waals surface area contributed by atoms with Crippen LogP contribution in [0.2, 0.25) is 0 Å². The molecule has 1 heterocycles. The Morgan fingerprint density at radius 3 is 2.78 bits per heavy atom. The summed E-state index contributed by atoms with van der Waals surface area (Å²) in [7, 11) is 1.47. The average molecular weight is 269 g/mol. The van der Waals surface area contributed by atoms with Crippen molar-refractivity contribution < 1.29 is 4.79 Å². The van der Waals surface area contributed by atoms with Crippen LogP contribution in [-0.4, -0.2) is 27.3 Å². The van der Waals surface area contributed by atoms with E-state index in [-0.39, 0.29) is 11.3 Å². The molecular formula is C10H15N5O2S. The second-order valence-electron chi connectivity index (χ2n) is 3.52. The first-order valence-corrected chi connectivity index (χ1v) is 5.84. The summed E-state index contributed by atoms with van der Waals surface area (Å²) in [6.07, 6.45) is 0.929. The Morgan fingerprint density at radius 2 is 2.17 bits per heavy atom. The van der Waals surface area contributed by atoms with Gasteiger partial charge in [-0.3, -0.25) is 20.4 Å². The number of amides is 1. The molecule has 0 radical (unpaired) electrons. The summed E-state index contributed by atoms with van der Waals surface area (Å²) >= 11 is 4.92. The van der Waals surface area contributed by atoms with E-state index in [0.29, 0.717) is 5.11 Å². The largest absolute Gasteiger partial charge is 0.361 e. The lowest BCUT2D eigenvalue weighted by Crippen LogP contribution is -2.47. The summed E-state index contributed by atoms with van der Waals surface area (Å²) in [4.78, 5) is 22.7. The number of nitrogens with one attached hydrogen (secondary N) is 3. The monoisotopic (exact) mass is 269 g/mol. The summed E-state index contributed by atoms with van der Waals surface area (Å²) < 4.78 is 1.09. The zero-order valence-corrected chi connectivity index (χ0v) is 11.0. The number of hydrogen-bond donors (Lipinski definition) is 3. The van der Waals surface area contributed by atoms with Crippen LogP contribution in [-0.2, 0) is 7.05 Å². The Labute approximate surface area is 110 Å². The lowest BCUT2D eigenvalue weighted by atomic mass is 10.4. The lowest BCUT2D eigenvalue weighted by molar-refractivity contribution is 0.0936. The molecule has 0 aliphatic rings. The number of aryl methyl sites for hydroxylation is 1. The molecule has 7 nitrogen and oxygen atoms in total. The molecule has 98 valence electrons. The maximum absolute atomic E-state index is 11.6. The summed E-state index contributed by atoms with van der Waals surface area (Å²) in [5.74, 6) is -0.466. The van der Waals surface area contributed by atoms with E-state index in [1.807, 2.05) is 6.92 Å². The van der Waals surface area contributed by atoms with E-state index in [1.165, 1.54) is 19.2 Å². The predicted octanol–water partition coefficient (Wildman–Crippen LogP) is -0.701. The standard InChI is InChI=1S/C10H15N5O2S/c1-3-6-11-10(18)13-12-9(17)7-4-5-8(16)15(2)14-7/h4-5H,3,6H2,1-2H3,(H,12,17)(H2,11,13,18). The molecule has 1 aromatic rings. The molecule has 0 aliphatic heterocycles. The van der Waals surface area contributed by atoms with Crippen molar-refractivity contribution in [2.75, 3.05) is 6.54 Å². The topological polar surface area (TPSA) is 88.0 Å². The van der Waals surface area contributed by atoms with Gasteiger partial charge < -0.3 is 5.32 Å². The molecule has 0 unspecified atom stereocenters. The average Bonchev–Trinajstić information content (AvgIpc) is 2.36. The van der Waals surface area contributed by atoms with Gasteiger partial charge in [0.05, 0.1) is 0 Å². The van der Waals surface area contributed by atoms with Crippen molar-refractivity contribution >= 4 is 23.2 Å². The fourth-order valence-corrected chi connectivity index (χ4v) is 1.24. The molecule has 0 fully saturated rings. The minimum Gasteiger partial charge on any atom is -0.361 e. The third-order valence-electron chi connectivity index (χ3n) is 2.02. The van der Waals surface area contributed by atoms with Crippen LogP contribution >= 0.6 is 12.2 Å². The summed E-state index contributed by atoms with van der Waals surface area (Å²) in [6, 6.07) is 2.62. The second-order valence-corrected chi connectivity index (χ2v) is 3.92. The minimum absolute atomic E-state index is 0.128. The second kappa shape index (κ2) is 6.70. The van der Waals surface area contributed by atoms with Crippen molar-refractivity contribution in [2.45, 2.75) is 13.3 Å². The number of thiocarbonyl (C=S) groups is 1. The number of hydrazine groups is 1. The van der Waals surface area contributed by atoms with Gasteiger partial charge in [-0.15, -0.1) is 0 Å². The summed E-state index contributed by atoms with van der Waals surface area (Å²) in [5.41, 5.74) is 4.78. The van der Waals surface area contributed by atoms with Crippen LogP contribution < -0.4 is 21.7 Å². The Kier molecular flexibility index (Phi) is 5.25. The van der Waals surface area contributed by atoms with E-state index in [4.69, 9.17) is 12.2 Å². The molecule has 0 spiro atoms. The van der Waals surface area contributed by atoms with E-state index in [1.54, 1.807) is 0 Å². The van der Waals surface area contributed by atoms with Crippen molar-refractivity contribution in [3.8, 4) is 0 Å². The van der Waals surface area contributed by atoms with Crippen LogP contribution in [0.5, 0.6) is 0 Å². The number of hydrogen-bond acceptors (Lipinski definition) is 4. The maximum atomic E-state index is 11.6. The summed E-state index contributed by atoms with van der Waals surface area (Å²) in [5, 5.41) is 7.02. The zero-order valence-electron chi connectivity index (χ0n) is 10.2. The van der Waals surface area contributed by atoms with E-state index >= 15 is 0 Å². The fraction of sp³-hybridized carbons (Fsp3) is 0.400. The zero-order chi connectivity index (χ0) is 13.5. The Bertz CT molecular complexity index is 499. The quantitative estimate of drug-likeness (QED) is 0.497. The Hall–Kier alpha value is -1.96.